The van der Waals surface area contributed by atoms with Crippen LogP contribution < -0.4 is 11.1 Å². The van der Waals surface area contributed by atoms with Gasteiger partial charge in [0.2, 0.25) is 0 Å². The second-order valence-corrected chi connectivity index (χ2v) is 3.98. The van der Waals surface area contributed by atoms with Gasteiger partial charge in [-0.2, -0.15) is 0 Å². The molecular weight excluding hydrogens is 178 g/mol. The number of hydrogen-bond donors (Lipinski definition) is 3. The number of amidine groups is 1. The number of hydrogen-bond acceptors (Lipinski definition) is 3. The average Bonchev–Trinajstić information content (AvgIpc) is 2.15. The molecule has 0 saturated heterocycles. The molecule has 0 atom stereocenters. The minimum Gasteiger partial charge on any atom is -0.409 e. The zero-order valence-electron chi connectivity index (χ0n) is 9.29. The van der Waals surface area contributed by atoms with Crippen LogP contribution in [-0.4, -0.2) is 24.1 Å². The number of unbranched alkanes of at least 4 members (excludes halogenated alkanes) is 1. The molecule has 4 N–H and O–H groups in total. The van der Waals surface area contributed by atoms with Gasteiger partial charge in [0.15, 0.2) is 0 Å². The molecule has 0 amide bonds. The quantitative estimate of drug-likeness (QED) is 0.183. The van der Waals surface area contributed by atoms with Gasteiger partial charge in [0, 0.05) is 13.0 Å². The van der Waals surface area contributed by atoms with Crippen LogP contribution in [0.15, 0.2) is 5.16 Å². The number of nitrogens with two attached hydrogens (primary N) is 1. The van der Waals surface area contributed by atoms with Gasteiger partial charge in [-0.3, -0.25) is 0 Å². The summed E-state index contributed by atoms with van der Waals surface area (Å²) in [6.07, 6.45) is 4.38. The molecule has 0 unspecified atom stereocenters. The van der Waals surface area contributed by atoms with Crippen molar-refractivity contribution in [3.63, 3.8) is 0 Å². The summed E-state index contributed by atoms with van der Waals surface area (Å²) in [5.74, 6) is 1.09. The van der Waals surface area contributed by atoms with Crippen molar-refractivity contribution in [2.24, 2.45) is 16.8 Å². The first-order chi connectivity index (χ1) is 6.66. The molecule has 0 aliphatic heterocycles. The number of oxime groups is 1. The van der Waals surface area contributed by atoms with Crippen LogP contribution in [0.2, 0.25) is 0 Å². The molecule has 0 saturated carbocycles. The van der Waals surface area contributed by atoms with E-state index in [1.165, 1.54) is 19.3 Å². The third-order valence-corrected chi connectivity index (χ3v) is 2.07. The molecule has 0 radical (unpaired) electrons. The highest BCUT2D eigenvalue weighted by molar-refractivity contribution is 5.79. The summed E-state index contributed by atoms with van der Waals surface area (Å²) in [5, 5.41) is 14.4. The van der Waals surface area contributed by atoms with Crippen molar-refractivity contribution in [1.29, 1.82) is 0 Å². The molecule has 4 heteroatoms. The Morgan fingerprint density at radius 1 is 1.36 bits per heavy atom. The smallest absolute Gasteiger partial charge is 0.140 e. The van der Waals surface area contributed by atoms with Crippen LogP contribution >= 0.6 is 0 Å². The second-order valence-electron chi connectivity index (χ2n) is 3.98. The lowest BCUT2D eigenvalue weighted by Crippen LogP contribution is -2.23. The van der Waals surface area contributed by atoms with Gasteiger partial charge in [-0.1, -0.05) is 31.8 Å². The van der Waals surface area contributed by atoms with E-state index in [1.54, 1.807) is 0 Å². The highest BCUT2D eigenvalue weighted by Gasteiger charge is 1.95. The third-order valence-electron chi connectivity index (χ3n) is 2.07. The van der Waals surface area contributed by atoms with Gasteiger partial charge in [0.25, 0.3) is 0 Å². The Bertz CT molecular complexity index is 157. The molecule has 0 spiro atoms. The van der Waals surface area contributed by atoms with Crippen LogP contribution in [0.25, 0.3) is 0 Å². The molecule has 0 aliphatic carbocycles. The summed E-state index contributed by atoms with van der Waals surface area (Å²) in [4.78, 5) is 0. The molecule has 0 heterocycles. The summed E-state index contributed by atoms with van der Waals surface area (Å²) in [5.41, 5.74) is 5.31. The Labute approximate surface area is 86.6 Å². The lowest BCUT2D eigenvalue weighted by molar-refractivity contribution is 0.316. The molecular formula is C10H23N3O. The van der Waals surface area contributed by atoms with Gasteiger partial charge in [-0.15, -0.1) is 0 Å². The highest BCUT2D eigenvalue weighted by Crippen LogP contribution is 2.04. The fourth-order valence-corrected chi connectivity index (χ4v) is 1.19. The molecule has 14 heavy (non-hydrogen) atoms. The average molecular weight is 201 g/mol. The molecule has 0 rings (SSSR count). The topological polar surface area (TPSA) is 70.6 Å². The molecule has 0 aromatic heterocycles. The lowest BCUT2D eigenvalue weighted by Gasteiger charge is -2.05. The zero-order chi connectivity index (χ0) is 10.8. The van der Waals surface area contributed by atoms with Crippen molar-refractivity contribution in [2.75, 3.05) is 13.1 Å². The molecule has 0 aliphatic rings. The summed E-state index contributed by atoms with van der Waals surface area (Å²) in [7, 11) is 0. The Morgan fingerprint density at radius 3 is 2.64 bits per heavy atom. The normalized spacial score (nSPS) is 12.4. The first-order valence-electron chi connectivity index (χ1n) is 5.34. The Balaban J connectivity index is 3.07. The minimum atomic E-state index is 0.291. The van der Waals surface area contributed by atoms with Crippen molar-refractivity contribution >= 4 is 5.84 Å². The predicted octanol–water partition coefficient (Wildman–Crippen LogP) is 1.54. The van der Waals surface area contributed by atoms with Crippen molar-refractivity contribution in [3.05, 3.63) is 0 Å². The van der Waals surface area contributed by atoms with Crippen molar-refractivity contribution < 1.29 is 5.21 Å². The van der Waals surface area contributed by atoms with Crippen molar-refractivity contribution in [1.82, 2.24) is 5.32 Å². The number of rotatable bonds is 8. The number of nitrogens with one attached hydrogen (secondary N) is 1. The molecule has 0 aromatic rings. The fourth-order valence-electron chi connectivity index (χ4n) is 1.19. The maximum Gasteiger partial charge on any atom is 0.140 e. The standard InChI is InChI=1S/C10H23N3O/c1-9(2)5-3-4-7-12-8-6-10(11)13-14/h9,12,14H,3-8H2,1-2H3,(H2,11,13). The van der Waals surface area contributed by atoms with Gasteiger partial charge >= 0.3 is 0 Å². The van der Waals surface area contributed by atoms with Gasteiger partial charge in [-0.25, -0.2) is 0 Å². The molecule has 0 fully saturated rings. The van der Waals surface area contributed by atoms with Crippen molar-refractivity contribution in [2.45, 2.75) is 39.5 Å². The van der Waals surface area contributed by atoms with Crippen LogP contribution in [0.5, 0.6) is 0 Å². The third kappa shape index (κ3) is 9.32. The fraction of sp³-hybridized carbons (Fsp3) is 0.900. The lowest BCUT2D eigenvalue weighted by atomic mass is 10.1. The van der Waals surface area contributed by atoms with Crippen LogP contribution in [-0.2, 0) is 0 Å². The summed E-state index contributed by atoms with van der Waals surface area (Å²) in [6.45, 7) is 6.29. The van der Waals surface area contributed by atoms with E-state index in [1.807, 2.05) is 0 Å². The molecule has 84 valence electrons. The van der Waals surface area contributed by atoms with Crippen LogP contribution in [0, 0.1) is 5.92 Å². The Kier molecular flexibility index (Phi) is 8.33. The number of nitrogens with zero attached hydrogens (tertiary/aromatic N) is 1. The van der Waals surface area contributed by atoms with Crippen LogP contribution in [0.4, 0.5) is 0 Å². The SMILES string of the molecule is CC(C)CCCCNCCC(N)=NO. The monoisotopic (exact) mass is 201 g/mol. The maximum absolute atomic E-state index is 8.27. The van der Waals surface area contributed by atoms with E-state index in [4.69, 9.17) is 10.9 Å². The second kappa shape index (κ2) is 8.81. The van der Waals surface area contributed by atoms with Gasteiger partial charge in [0.1, 0.15) is 5.84 Å². The predicted molar refractivity (Wildman–Crippen MR) is 59.6 cm³/mol. The first-order valence-corrected chi connectivity index (χ1v) is 5.34. The zero-order valence-corrected chi connectivity index (χ0v) is 9.29. The van der Waals surface area contributed by atoms with Gasteiger partial charge in [-0.05, 0) is 18.9 Å². The largest absolute Gasteiger partial charge is 0.409 e. The van der Waals surface area contributed by atoms with Gasteiger partial charge in [0.05, 0.1) is 0 Å². The van der Waals surface area contributed by atoms with E-state index in [9.17, 15) is 0 Å². The van der Waals surface area contributed by atoms with Crippen LogP contribution in [0.1, 0.15) is 39.5 Å². The summed E-state index contributed by atoms with van der Waals surface area (Å²) >= 11 is 0. The van der Waals surface area contributed by atoms with E-state index in [-0.39, 0.29) is 0 Å². The van der Waals surface area contributed by atoms with E-state index in [2.05, 4.69) is 24.3 Å². The molecule has 4 nitrogen and oxygen atoms in total. The Hall–Kier alpha value is -0.770. The van der Waals surface area contributed by atoms with E-state index >= 15 is 0 Å². The first kappa shape index (κ1) is 13.2. The van der Waals surface area contributed by atoms with Crippen LogP contribution in [0.3, 0.4) is 0 Å². The highest BCUT2D eigenvalue weighted by atomic mass is 16.4. The summed E-state index contributed by atoms with van der Waals surface area (Å²) < 4.78 is 0. The molecule has 0 bridgehead atoms. The van der Waals surface area contributed by atoms with Crippen molar-refractivity contribution in [3.8, 4) is 0 Å². The Morgan fingerprint density at radius 2 is 2.07 bits per heavy atom. The van der Waals surface area contributed by atoms with E-state index in [0.717, 1.165) is 19.0 Å². The summed E-state index contributed by atoms with van der Waals surface area (Å²) in [6, 6.07) is 0. The van der Waals surface area contributed by atoms with Gasteiger partial charge < -0.3 is 16.3 Å². The molecule has 0 aromatic carbocycles. The van der Waals surface area contributed by atoms with E-state index in [0.29, 0.717) is 12.3 Å². The maximum atomic E-state index is 8.27. The van der Waals surface area contributed by atoms with E-state index < -0.39 is 0 Å². The minimum absolute atomic E-state index is 0.291.